The third kappa shape index (κ3) is 1.78. The van der Waals surface area contributed by atoms with Crippen LogP contribution in [0.3, 0.4) is 0 Å². The molecular formula is C12H21N5. The molecule has 2 N–H and O–H groups in total. The third-order valence-electron chi connectivity index (χ3n) is 4.05. The summed E-state index contributed by atoms with van der Waals surface area (Å²) in [5, 5.41) is 4.50. The first-order valence-electron chi connectivity index (χ1n) is 6.45. The van der Waals surface area contributed by atoms with E-state index >= 15 is 0 Å². The van der Waals surface area contributed by atoms with Gasteiger partial charge in [0.1, 0.15) is 0 Å². The minimum absolute atomic E-state index is 0.501. The zero-order valence-electron chi connectivity index (χ0n) is 10.6. The predicted octanol–water partition coefficient (Wildman–Crippen LogP) is 0.675. The van der Waals surface area contributed by atoms with Crippen molar-refractivity contribution in [1.82, 2.24) is 14.7 Å². The first kappa shape index (κ1) is 10.9. The lowest BCUT2D eigenvalue weighted by Crippen LogP contribution is -2.55. The first-order valence-corrected chi connectivity index (χ1v) is 6.45. The zero-order chi connectivity index (χ0) is 12.0. The van der Waals surface area contributed by atoms with E-state index in [2.05, 4.69) is 21.8 Å². The molecule has 0 aromatic carbocycles. The highest BCUT2D eigenvalue weighted by Crippen LogP contribution is 2.30. The van der Waals surface area contributed by atoms with Crippen molar-refractivity contribution in [3.8, 4) is 0 Å². The van der Waals surface area contributed by atoms with Gasteiger partial charge in [0.05, 0.1) is 5.69 Å². The van der Waals surface area contributed by atoms with Crippen LogP contribution >= 0.6 is 0 Å². The highest BCUT2D eigenvalue weighted by Gasteiger charge is 2.35. The fourth-order valence-electron chi connectivity index (χ4n) is 3.20. The Morgan fingerprint density at radius 3 is 2.94 bits per heavy atom. The second-order valence-electron chi connectivity index (χ2n) is 5.37. The van der Waals surface area contributed by atoms with Gasteiger partial charge in [0.15, 0.2) is 5.82 Å². The molecule has 5 heteroatoms. The molecule has 2 aliphatic rings. The van der Waals surface area contributed by atoms with Crippen LogP contribution in [0.1, 0.15) is 19.8 Å². The van der Waals surface area contributed by atoms with Gasteiger partial charge < -0.3 is 10.6 Å². The van der Waals surface area contributed by atoms with Crippen molar-refractivity contribution in [1.29, 1.82) is 0 Å². The smallest absolute Gasteiger partial charge is 0.174 e. The summed E-state index contributed by atoms with van der Waals surface area (Å²) in [5.41, 5.74) is 6.83. The number of rotatable bonds is 1. The predicted molar refractivity (Wildman–Crippen MR) is 69.0 cm³/mol. The minimum Gasteiger partial charge on any atom is -0.394 e. The van der Waals surface area contributed by atoms with E-state index in [0.717, 1.165) is 24.6 Å². The Bertz CT molecular complexity index is 413. The molecule has 5 nitrogen and oxygen atoms in total. The van der Waals surface area contributed by atoms with Crippen LogP contribution in [0.4, 0.5) is 11.5 Å². The Kier molecular flexibility index (Phi) is 2.50. The van der Waals surface area contributed by atoms with Gasteiger partial charge in [-0.15, -0.1) is 0 Å². The van der Waals surface area contributed by atoms with E-state index in [0.29, 0.717) is 12.1 Å². The summed E-state index contributed by atoms with van der Waals surface area (Å²) in [7, 11) is 1.93. The van der Waals surface area contributed by atoms with Crippen molar-refractivity contribution < 1.29 is 0 Å². The molecule has 3 heterocycles. The van der Waals surface area contributed by atoms with Gasteiger partial charge in [0.2, 0.25) is 0 Å². The number of aromatic nitrogens is 2. The number of nitrogen functional groups attached to an aromatic ring is 1. The van der Waals surface area contributed by atoms with E-state index in [9.17, 15) is 0 Å². The molecule has 2 atom stereocenters. The largest absolute Gasteiger partial charge is 0.394 e. The van der Waals surface area contributed by atoms with Crippen LogP contribution in [-0.2, 0) is 7.05 Å². The molecule has 0 radical (unpaired) electrons. The molecular weight excluding hydrogens is 214 g/mol. The Balaban J connectivity index is 1.85. The molecule has 2 aliphatic heterocycles. The molecule has 0 spiro atoms. The third-order valence-corrected chi connectivity index (χ3v) is 4.05. The lowest BCUT2D eigenvalue weighted by Gasteiger charge is -2.42. The van der Waals surface area contributed by atoms with E-state index in [1.54, 1.807) is 4.68 Å². The standard InChI is InChI=1S/C12H21N5/c1-9-6-16-5-3-4-10(16)7-17(9)12-11(13)8-15(2)14-12/h8-10H,3-7,13H2,1-2H3. The van der Waals surface area contributed by atoms with Crippen LogP contribution in [-0.4, -0.2) is 46.4 Å². The normalized spacial score (nSPS) is 29.6. The molecule has 2 saturated heterocycles. The maximum absolute atomic E-state index is 6.03. The molecule has 0 saturated carbocycles. The van der Waals surface area contributed by atoms with E-state index < -0.39 is 0 Å². The van der Waals surface area contributed by atoms with Crippen molar-refractivity contribution in [2.75, 3.05) is 30.3 Å². The molecule has 0 amide bonds. The quantitative estimate of drug-likeness (QED) is 0.777. The maximum Gasteiger partial charge on any atom is 0.174 e. The van der Waals surface area contributed by atoms with Crippen LogP contribution in [0.2, 0.25) is 0 Å². The topological polar surface area (TPSA) is 50.3 Å². The maximum atomic E-state index is 6.03. The Morgan fingerprint density at radius 1 is 1.41 bits per heavy atom. The second-order valence-corrected chi connectivity index (χ2v) is 5.37. The van der Waals surface area contributed by atoms with Crippen molar-refractivity contribution in [3.63, 3.8) is 0 Å². The van der Waals surface area contributed by atoms with Crippen molar-refractivity contribution in [2.24, 2.45) is 7.05 Å². The molecule has 17 heavy (non-hydrogen) atoms. The van der Waals surface area contributed by atoms with Crippen molar-refractivity contribution in [3.05, 3.63) is 6.20 Å². The Labute approximate surface area is 102 Å². The van der Waals surface area contributed by atoms with E-state index in [1.807, 2.05) is 13.2 Å². The number of nitrogens with two attached hydrogens (primary N) is 1. The Morgan fingerprint density at radius 2 is 2.24 bits per heavy atom. The average Bonchev–Trinajstić information content (AvgIpc) is 2.83. The summed E-state index contributed by atoms with van der Waals surface area (Å²) < 4.78 is 1.80. The molecule has 2 unspecified atom stereocenters. The number of aryl methyl sites for hydroxylation is 1. The van der Waals surface area contributed by atoms with Crippen LogP contribution in [0, 0.1) is 0 Å². The summed E-state index contributed by atoms with van der Waals surface area (Å²) in [5.74, 6) is 0.964. The van der Waals surface area contributed by atoms with Gasteiger partial charge in [-0.1, -0.05) is 0 Å². The van der Waals surface area contributed by atoms with Crippen LogP contribution in [0.15, 0.2) is 6.20 Å². The molecule has 0 aliphatic carbocycles. The summed E-state index contributed by atoms with van der Waals surface area (Å²) >= 11 is 0. The van der Waals surface area contributed by atoms with Crippen LogP contribution < -0.4 is 10.6 Å². The lowest BCUT2D eigenvalue weighted by atomic mass is 10.1. The van der Waals surface area contributed by atoms with Gasteiger partial charge in [-0.3, -0.25) is 9.58 Å². The van der Waals surface area contributed by atoms with Gasteiger partial charge in [0.25, 0.3) is 0 Å². The molecule has 1 aromatic rings. The van der Waals surface area contributed by atoms with Gasteiger partial charge >= 0.3 is 0 Å². The minimum atomic E-state index is 0.501. The number of fused-ring (bicyclic) bond motifs is 1. The second kappa shape index (κ2) is 3.91. The molecule has 2 fully saturated rings. The van der Waals surface area contributed by atoms with Crippen LogP contribution in [0.25, 0.3) is 0 Å². The van der Waals surface area contributed by atoms with Gasteiger partial charge in [-0.2, -0.15) is 5.10 Å². The molecule has 0 bridgehead atoms. The van der Waals surface area contributed by atoms with E-state index in [1.165, 1.54) is 19.4 Å². The van der Waals surface area contributed by atoms with Gasteiger partial charge in [0, 0.05) is 38.4 Å². The lowest BCUT2D eigenvalue weighted by molar-refractivity contribution is 0.202. The molecule has 1 aromatic heterocycles. The summed E-state index contributed by atoms with van der Waals surface area (Å²) in [4.78, 5) is 4.99. The van der Waals surface area contributed by atoms with Crippen molar-refractivity contribution in [2.45, 2.75) is 31.8 Å². The average molecular weight is 235 g/mol. The number of hydrogen-bond acceptors (Lipinski definition) is 4. The van der Waals surface area contributed by atoms with E-state index in [4.69, 9.17) is 5.73 Å². The molecule has 94 valence electrons. The number of anilines is 2. The highest BCUT2D eigenvalue weighted by atomic mass is 15.4. The Hall–Kier alpha value is -1.23. The summed E-state index contributed by atoms with van der Waals surface area (Å²) in [6, 6.07) is 1.20. The number of nitrogens with zero attached hydrogens (tertiary/aromatic N) is 4. The summed E-state index contributed by atoms with van der Waals surface area (Å²) in [6.07, 6.45) is 4.54. The molecule has 3 rings (SSSR count). The highest BCUT2D eigenvalue weighted by molar-refractivity contribution is 5.62. The van der Waals surface area contributed by atoms with Crippen molar-refractivity contribution >= 4 is 11.5 Å². The SMILES string of the molecule is CC1CN2CCCC2CN1c1nn(C)cc1N. The zero-order valence-corrected chi connectivity index (χ0v) is 10.6. The number of piperazine rings is 1. The first-order chi connectivity index (χ1) is 8.15. The van der Waals surface area contributed by atoms with E-state index in [-0.39, 0.29) is 0 Å². The monoisotopic (exact) mass is 235 g/mol. The van der Waals surface area contributed by atoms with Crippen LogP contribution in [0.5, 0.6) is 0 Å². The summed E-state index contributed by atoms with van der Waals surface area (Å²) in [6.45, 7) is 5.74. The number of hydrogen-bond donors (Lipinski definition) is 1. The van der Waals surface area contributed by atoms with Gasteiger partial charge in [-0.25, -0.2) is 0 Å². The fourth-order valence-corrected chi connectivity index (χ4v) is 3.20. The fraction of sp³-hybridized carbons (Fsp3) is 0.750. The van der Waals surface area contributed by atoms with Gasteiger partial charge in [-0.05, 0) is 26.3 Å².